The van der Waals surface area contributed by atoms with E-state index in [4.69, 9.17) is 10.8 Å². The standard InChI is InChI=1S/C10H11N3O3/c11-7-4-5(1-2-12-7)3-6-8(10(15)16)13-9(6)14/h1-2,4,6,8H,3H2,(H2,11,12)(H,13,14)(H,15,16)/t6-,8?/m1/s1. The molecule has 6 nitrogen and oxygen atoms in total. The quantitative estimate of drug-likeness (QED) is 0.591. The van der Waals surface area contributed by atoms with E-state index in [1.807, 2.05) is 0 Å². The Bertz CT molecular complexity index is 447. The van der Waals surface area contributed by atoms with Gasteiger partial charge in [0.25, 0.3) is 0 Å². The van der Waals surface area contributed by atoms with Crippen molar-refractivity contribution in [3.05, 3.63) is 23.9 Å². The largest absolute Gasteiger partial charge is 0.480 e. The summed E-state index contributed by atoms with van der Waals surface area (Å²) in [6.45, 7) is 0. The molecule has 16 heavy (non-hydrogen) atoms. The van der Waals surface area contributed by atoms with Gasteiger partial charge in [-0.05, 0) is 24.1 Å². The number of nitrogens with two attached hydrogens (primary N) is 1. The first kappa shape index (κ1) is 10.4. The van der Waals surface area contributed by atoms with Gasteiger partial charge in [0.2, 0.25) is 5.91 Å². The number of hydrogen-bond acceptors (Lipinski definition) is 4. The van der Waals surface area contributed by atoms with Crippen molar-refractivity contribution in [2.75, 3.05) is 5.73 Å². The molecule has 84 valence electrons. The predicted molar refractivity (Wildman–Crippen MR) is 55.4 cm³/mol. The van der Waals surface area contributed by atoms with Crippen molar-refractivity contribution in [3.8, 4) is 0 Å². The number of carboxylic acids is 1. The van der Waals surface area contributed by atoms with Crippen LogP contribution in [0.2, 0.25) is 0 Å². The van der Waals surface area contributed by atoms with Crippen LogP contribution in [-0.4, -0.2) is 28.0 Å². The number of amides is 1. The minimum atomic E-state index is -1.01. The van der Waals surface area contributed by atoms with Gasteiger partial charge in [-0.25, -0.2) is 9.78 Å². The SMILES string of the molecule is Nc1cc(C[C@H]2C(=O)NC2C(=O)O)ccn1. The number of β-lactam (4-membered cyclic amide) rings is 1. The molecule has 1 fully saturated rings. The van der Waals surface area contributed by atoms with Crippen molar-refractivity contribution in [1.82, 2.24) is 10.3 Å². The maximum atomic E-state index is 11.2. The van der Waals surface area contributed by atoms with E-state index in [-0.39, 0.29) is 5.91 Å². The summed E-state index contributed by atoms with van der Waals surface area (Å²) in [7, 11) is 0. The number of hydrogen-bond donors (Lipinski definition) is 3. The Kier molecular flexibility index (Phi) is 2.47. The third-order valence-corrected chi connectivity index (χ3v) is 2.60. The third-order valence-electron chi connectivity index (χ3n) is 2.60. The minimum absolute atomic E-state index is 0.234. The molecule has 0 spiro atoms. The highest BCUT2D eigenvalue weighted by atomic mass is 16.4. The monoisotopic (exact) mass is 221 g/mol. The normalized spacial score (nSPS) is 23.4. The Morgan fingerprint density at radius 1 is 1.62 bits per heavy atom. The van der Waals surface area contributed by atoms with E-state index in [1.54, 1.807) is 12.1 Å². The van der Waals surface area contributed by atoms with Crippen LogP contribution in [0.5, 0.6) is 0 Å². The van der Waals surface area contributed by atoms with Crippen LogP contribution in [0.15, 0.2) is 18.3 Å². The van der Waals surface area contributed by atoms with Gasteiger partial charge in [-0.15, -0.1) is 0 Å². The lowest BCUT2D eigenvalue weighted by molar-refractivity contribution is -0.153. The van der Waals surface area contributed by atoms with Gasteiger partial charge < -0.3 is 16.2 Å². The van der Waals surface area contributed by atoms with Crippen LogP contribution in [0.25, 0.3) is 0 Å². The van der Waals surface area contributed by atoms with Crippen LogP contribution in [0.1, 0.15) is 5.56 Å². The summed E-state index contributed by atoms with van der Waals surface area (Å²) in [5, 5.41) is 11.1. The number of nitrogens with one attached hydrogen (secondary N) is 1. The highest BCUT2D eigenvalue weighted by Crippen LogP contribution is 2.21. The van der Waals surface area contributed by atoms with Gasteiger partial charge in [0, 0.05) is 6.20 Å². The summed E-state index contributed by atoms with van der Waals surface area (Å²) in [4.78, 5) is 25.8. The molecule has 1 unspecified atom stereocenters. The Labute approximate surface area is 91.5 Å². The van der Waals surface area contributed by atoms with Gasteiger partial charge >= 0.3 is 5.97 Å². The topological polar surface area (TPSA) is 105 Å². The summed E-state index contributed by atoms with van der Waals surface area (Å²) in [5.74, 6) is -1.39. The molecule has 4 N–H and O–H groups in total. The Balaban J connectivity index is 2.09. The van der Waals surface area contributed by atoms with Gasteiger partial charge in [-0.2, -0.15) is 0 Å². The molecule has 1 aromatic heterocycles. The Morgan fingerprint density at radius 3 is 2.94 bits per heavy atom. The van der Waals surface area contributed by atoms with Crippen molar-refractivity contribution in [2.45, 2.75) is 12.5 Å². The number of aliphatic carboxylic acids is 1. The van der Waals surface area contributed by atoms with Gasteiger partial charge in [0.1, 0.15) is 11.9 Å². The van der Waals surface area contributed by atoms with E-state index in [9.17, 15) is 9.59 Å². The fraction of sp³-hybridized carbons (Fsp3) is 0.300. The lowest BCUT2D eigenvalue weighted by Gasteiger charge is -2.33. The Hall–Kier alpha value is -2.11. The zero-order valence-corrected chi connectivity index (χ0v) is 8.38. The maximum Gasteiger partial charge on any atom is 0.327 e. The molecule has 6 heteroatoms. The number of nitrogens with zero attached hydrogens (tertiary/aromatic N) is 1. The van der Waals surface area contributed by atoms with Crippen LogP contribution >= 0.6 is 0 Å². The first-order chi connectivity index (χ1) is 7.58. The van der Waals surface area contributed by atoms with Gasteiger partial charge in [0.05, 0.1) is 5.92 Å². The number of carboxylic acid groups (broad SMARTS) is 1. The second kappa shape index (κ2) is 3.80. The van der Waals surface area contributed by atoms with Crippen molar-refractivity contribution < 1.29 is 14.7 Å². The van der Waals surface area contributed by atoms with Crippen LogP contribution in [-0.2, 0) is 16.0 Å². The highest BCUT2D eigenvalue weighted by Gasteiger charge is 2.43. The smallest absolute Gasteiger partial charge is 0.327 e. The lowest BCUT2D eigenvalue weighted by Crippen LogP contribution is -2.62. The number of aromatic nitrogens is 1. The highest BCUT2D eigenvalue weighted by molar-refractivity contribution is 5.96. The molecule has 1 amide bonds. The summed E-state index contributed by atoms with van der Waals surface area (Å²) < 4.78 is 0. The number of carbonyl (C=O) groups is 2. The molecule has 1 saturated heterocycles. The second-order valence-electron chi connectivity index (χ2n) is 3.72. The minimum Gasteiger partial charge on any atom is -0.480 e. The van der Waals surface area contributed by atoms with E-state index in [0.717, 1.165) is 5.56 Å². The van der Waals surface area contributed by atoms with Crippen molar-refractivity contribution >= 4 is 17.7 Å². The van der Waals surface area contributed by atoms with Crippen molar-refractivity contribution in [3.63, 3.8) is 0 Å². The van der Waals surface area contributed by atoms with Gasteiger partial charge in [-0.3, -0.25) is 4.79 Å². The fourth-order valence-electron chi connectivity index (χ4n) is 1.74. The van der Waals surface area contributed by atoms with Crippen molar-refractivity contribution in [1.29, 1.82) is 0 Å². The fourth-order valence-corrected chi connectivity index (χ4v) is 1.74. The zero-order valence-electron chi connectivity index (χ0n) is 8.38. The predicted octanol–water partition coefficient (Wildman–Crippen LogP) is -0.594. The molecule has 0 aromatic carbocycles. The number of rotatable bonds is 3. The first-order valence-corrected chi connectivity index (χ1v) is 4.81. The van der Waals surface area contributed by atoms with Gasteiger partial charge in [-0.1, -0.05) is 0 Å². The van der Waals surface area contributed by atoms with Crippen molar-refractivity contribution in [2.24, 2.45) is 5.92 Å². The molecule has 2 atom stereocenters. The molecule has 1 aliphatic heterocycles. The van der Waals surface area contributed by atoms with E-state index < -0.39 is 17.9 Å². The number of carbonyl (C=O) groups excluding carboxylic acids is 1. The number of anilines is 1. The Morgan fingerprint density at radius 2 is 2.38 bits per heavy atom. The average molecular weight is 221 g/mol. The molecule has 0 saturated carbocycles. The number of nitrogen functional groups attached to an aromatic ring is 1. The maximum absolute atomic E-state index is 11.2. The summed E-state index contributed by atoms with van der Waals surface area (Å²) in [6, 6.07) is 2.58. The van der Waals surface area contributed by atoms with Crippen LogP contribution in [0.4, 0.5) is 5.82 Å². The molecular weight excluding hydrogens is 210 g/mol. The van der Waals surface area contributed by atoms with E-state index in [1.165, 1.54) is 6.20 Å². The third kappa shape index (κ3) is 1.81. The molecular formula is C10H11N3O3. The average Bonchev–Trinajstić information content (AvgIpc) is 2.22. The molecule has 2 rings (SSSR count). The zero-order chi connectivity index (χ0) is 11.7. The number of pyridine rings is 1. The van der Waals surface area contributed by atoms with Crippen LogP contribution in [0, 0.1) is 5.92 Å². The molecule has 0 bridgehead atoms. The first-order valence-electron chi connectivity index (χ1n) is 4.81. The van der Waals surface area contributed by atoms with E-state index >= 15 is 0 Å². The molecule has 0 aliphatic carbocycles. The summed E-state index contributed by atoms with van der Waals surface area (Å²) in [5.41, 5.74) is 6.31. The van der Waals surface area contributed by atoms with Crippen LogP contribution < -0.4 is 11.1 Å². The molecule has 1 aliphatic rings. The van der Waals surface area contributed by atoms with E-state index in [0.29, 0.717) is 12.2 Å². The molecule has 0 radical (unpaired) electrons. The summed E-state index contributed by atoms with van der Waals surface area (Å²) >= 11 is 0. The molecule has 1 aromatic rings. The van der Waals surface area contributed by atoms with Gasteiger partial charge in [0.15, 0.2) is 0 Å². The van der Waals surface area contributed by atoms with E-state index in [2.05, 4.69) is 10.3 Å². The molecule has 2 heterocycles. The second-order valence-corrected chi connectivity index (χ2v) is 3.72. The lowest BCUT2D eigenvalue weighted by atomic mass is 9.85. The summed E-state index contributed by atoms with van der Waals surface area (Å²) in [6.07, 6.45) is 1.91. The van der Waals surface area contributed by atoms with Crippen LogP contribution in [0.3, 0.4) is 0 Å².